The highest BCUT2D eigenvalue weighted by Gasteiger charge is 2.24. The van der Waals surface area contributed by atoms with Crippen LogP contribution in [0.2, 0.25) is 0 Å². The van der Waals surface area contributed by atoms with Gasteiger partial charge in [-0.1, -0.05) is 34.6 Å². The molecular formula is C12H13BrN2OS. The Morgan fingerprint density at radius 2 is 2.18 bits per heavy atom. The number of benzene rings is 1. The largest absolute Gasteiger partial charge is 0.286 e. The first-order valence-corrected chi connectivity index (χ1v) is 7.25. The molecule has 0 fully saturated rings. The Labute approximate surface area is 113 Å². The molecule has 0 aliphatic carbocycles. The van der Waals surface area contributed by atoms with Gasteiger partial charge in [-0.05, 0) is 30.0 Å². The molecule has 90 valence electrons. The van der Waals surface area contributed by atoms with Gasteiger partial charge in [0.05, 0.1) is 6.54 Å². The Bertz CT molecular complexity index is 444. The zero-order valence-electron chi connectivity index (χ0n) is 9.52. The lowest BCUT2D eigenvalue weighted by molar-refractivity contribution is 0.0860. The molecule has 0 bridgehead atoms. The van der Waals surface area contributed by atoms with Crippen LogP contribution in [0.5, 0.6) is 0 Å². The molecule has 0 unspecified atom stereocenters. The first-order valence-electron chi connectivity index (χ1n) is 5.47. The minimum atomic E-state index is 0.0368. The summed E-state index contributed by atoms with van der Waals surface area (Å²) in [5.74, 6) is 0.970. The lowest BCUT2D eigenvalue weighted by Crippen LogP contribution is -2.32. The molecule has 5 heteroatoms. The van der Waals surface area contributed by atoms with Crippen LogP contribution in [0, 0.1) is 0 Å². The van der Waals surface area contributed by atoms with Gasteiger partial charge in [0.15, 0.2) is 5.17 Å². The Kier molecular flexibility index (Phi) is 4.23. The second-order valence-corrected chi connectivity index (χ2v) is 5.71. The standard InChI is InChI=1S/C12H13BrN2OS/c1-2-17-12-14-7-8-15(12)11(16)9-3-5-10(13)6-4-9/h3-6H,2,7-8H2,1H3. The van der Waals surface area contributed by atoms with Gasteiger partial charge >= 0.3 is 0 Å². The molecule has 0 saturated carbocycles. The molecule has 2 rings (SSSR count). The van der Waals surface area contributed by atoms with Gasteiger partial charge in [0, 0.05) is 16.6 Å². The van der Waals surface area contributed by atoms with Gasteiger partial charge in [-0.3, -0.25) is 14.7 Å². The van der Waals surface area contributed by atoms with E-state index in [0.717, 1.165) is 15.4 Å². The number of hydrogen-bond acceptors (Lipinski definition) is 3. The van der Waals surface area contributed by atoms with Crippen molar-refractivity contribution < 1.29 is 4.79 Å². The van der Waals surface area contributed by atoms with Crippen LogP contribution in [0.25, 0.3) is 0 Å². The minimum Gasteiger partial charge on any atom is -0.286 e. The molecule has 0 atom stereocenters. The quantitative estimate of drug-likeness (QED) is 0.841. The van der Waals surface area contributed by atoms with Crippen LogP contribution >= 0.6 is 27.7 Å². The molecule has 0 aromatic heterocycles. The van der Waals surface area contributed by atoms with Crippen LogP contribution in [-0.2, 0) is 0 Å². The van der Waals surface area contributed by atoms with E-state index in [9.17, 15) is 4.79 Å². The first kappa shape index (κ1) is 12.6. The van der Waals surface area contributed by atoms with Crippen molar-refractivity contribution in [2.75, 3.05) is 18.8 Å². The van der Waals surface area contributed by atoms with Crippen molar-refractivity contribution >= 4 is 38.8 Å². The topological polar surface area (TPSA) is 32.7 Å². The summed E-state index contributed by atoms with van der Waals surface area (Å²) in [5, 5.41) is 0.848. The Morgan fingerprint density at radius 3 is 2.82 bits per heavy atom. The second kappa shape index (κ2) is 5.69. The number of carbonyl (C=O) groups is 1. The molecule has 1 aliphatic heterocycles. The minimum absolute atomic E-state index is 0.0368. The molecule has 0 saturated heterocycles. The average Bonchev–Trinajstić information content (AvgIpc) is 2.78. The van der Waals surface area contributed by atoms with Gasteiger partial charge in [-0.25, -0.2) is 0 Å². The van der Waals surface area contributed by atoms with E-state index in [1.807, 2.05) is 24.3 Å². The number of thioether (sulfide) groups is 1. The summed E-state index contributed by atoms with van der Waals surface area (Å²) in [6.45, 7) is 3.47. The lowest BCUT2D eigenvalue weighted by Gasteiger charge is -2.17. The van der Waals surface area contributed by atoms with Crippen LogP contribution in [0.15, 0.2) is 33.7 Å². The zero-order chi connectivity index (χ0) is 12.3. The number of amidine groups is 1. The fraction of sp³-hybridized carbons (Fsp3) is 0.333. The molecule has 1 aromatic carbocycles. The summed E-state index contributed by atoms with van der Waals surface area (Å²) in [6, 6.07) is 7.43. The van der Waals surface area contributed by atoms with Crippen molar-refractivity contribution in [2.45, 2.75) is 6.92 Å². The lowest BCUT2D eigenvalue weighted by atomic mass is 10.2. The van der Waals surface area contributed by atoms with E-state index in [1.165, 1.54) is 0 Å². The fourth-order valence-corrected chi connectivity index (χ4v) is 2.65. The summed E-state index contributed by atoms with van der Waals surface area (Å²) >= 11 is 4.98. The van der Waals surface area contributed by atoms with Crippen LogP contribution in [0.4, 0.5) is 0 Å². The van der Waals surface area contributed by atoms with Gasteiger partial charge in [-0.15, -0.1) is 0 Å². The number of carbonyl (C=O) groups excluding carboxylic acids is 1. The Balaban J connectivity index is 2.15. The van der Waals surface area contributed by atoms with Crippen molar-refractivity contribution in [3.63, 3.8) is 0 Å². The second-order valence-electron chi connectivity index (χ2n) is 3.56. The Hall–Kier alpha value is -0.810. The van der Waals surface area contributed by atoms with Crippen molar-refractivity contribution in [1.29, 1.82) is 0 Å². The molecule has 3 nitrogen and oxygen atoms in total. The maximum Gasteiger partial charge on any atom is 0.259 e. The number of nitrogens with zero attached hydrogens (tertiary/aromatic N) is 2. The molecular weight excluding hydrogens is 300 g/mol. The van der Waals surface area contributed by atoms with E-state index in [1.54, 1.807) is 16.7 Å². The van der Waals surface area contributed by atoms with Crippen molar-refractivity contribution in [3.05, 3.63) is 34.3 Å². The Morgan fingerprint density at radius 1 is 1.47 bits per heavy atom. The number of rotatable bonds is 2. The summed E-state index contributed by atoms with van der Waals surface area (Å²) in [7, 11) is 0. The van der Waals surface area contributed by atoms with Gasteiger partial charge in [0.25, 0.3) is 5.91 Å². The highest BCUT2D eigenvalue weighted by Crippen LogP contribution is 2.18. The number of hydrogen-bond donors (Lipinski definition) is 0. The van der Waals surface area contributed by atoms with Crippen LogP contribution in [0.1, 0.15) is 17.3 Å². The van der Waals surface area contributed by atoms with Gasteiger partial charge in [-0.2, -0.15) is 0 Å². The van der Waals surface area contributed by atoms with Crippen molar-refractivity contribution in [1.82, 2.24) is 4.90 Å². The summed E-state index contributed by atoms with van der Waals surface area (Å²) in [4.78, 5) is 18.4. The van der Waals surface area contributed by atoms with Gasteiger partial charge in [0.1, 0.15) is 0 Å². The monoisotopic (exact) mass is 312 g/mol. The van der Waals surface area contributed by atoms with E-state index >= 15 is 0 Å². The van der Waals surface area contributed by atoms with E-state index in [-0.39, 0.29) is 5.91 Å². The van der Waals surface area contributed by atoms with Crippen LogP contribution in [-0.4, -0.2) is 34.8 Å². The SMILES string of the molecule is CCSC1=NCCN1C(=O)c1ccc(Br)cc1. The third-order valence-electron chi connectivity index (χ3n) is 2.41. The predicted octanol–water partition coefficient (Wildman–Crippen LogP) is 3.01. The van der Waals surface area contributed by atoms with Crippen LogP contribution < -0.4 is 0 Å². The molecule has 17 heavy (non-hydrogen) atoms. The molecule has 0 radical (unpaired) electrons. The normalized spacial score (nSPS) is 14.9. The van der Waals surface area contributed by atoms with Crippen molar-refractivity contribution in [2.24, 2.45) is 4.99 Å². The highest BCUT2D eigenvalue weighted by molar-refractivity contribution is 9.10. The van der Waals surface area contributed by atoms with E-state index < -0.39 is 0 Å². The molecule has 1 amide bonds. The van der Waals surface area contributed by atoms with E-state index in [4.69, 9.17) is 0 Å². The number of halogens is 1. The molecule has 1 heterocycles. The summed E-state index contributed by atoms with van der Waals surface area (Å²) in [5.41, 5.74) is 0.708. The van der Waals surface area contributed by atoms with Gasteiger partial charge in [0.2, 0.25) is 0 Å². The summed E-state index contributed by atoms with van der Waals surface area (Å²) < 4.78 is 0.979. The third kappa shape index (κ3) is 2.90. The van der Waals surface area contributed by atoms with Gasteiger partial charge < -0.3 is 0 Å². The van der Waals surface area contributed by atoms with E-state index in [2.05, 4.69) is 27.8 Å². The fourth-order valence-electron chi connectivity index (χ4n) is 1.62. The molecule has 0 N–H and O–H groups in total. The molecule has 1 aliphatic rings. The number of amides is 1. The molecule has 1 aromatic rings. The summed E-state index contributed by atoms with van der Waals surface area (Å²) in [6.07, 6.45) is 0. The average molecular weight is 313 g/mol. The van der Waals surface area contributed by atoms with Crippen molar-refractivity contribution in [3.8, 4) is 0 Å². The first-order chi connectivity index (χ1) is 8.22. The zero-order valence-corrected chi connectivity index (χ0v) is 11.9. The maximum atomic E-state index is 12.3. The third-order valence-corrected chi connectivity index (χ3v) is 3.84. The van der Waals surface area contributed by atoms with Crippen LogP contribution in [0.3, 0.4) is 0 Å². The maximum absolute atomic E-state index is 12.3. The number of aliphatic imine (C=N–C) groups is 1. The smallest absolute Gasteiger partial charge is 0.259 e. The van der Waals surface area contributed by atoms with E-state index in [0.29, 0.717) is 18.7 Å². The predicted molar refractivity (Wildman–Crippen MR) is 75.6 cm³/mol. The molecule has 0 spiro atoms. The highest BCUT2D eigenvalue weighted by atomic mass is 79.9.